The van der Waals surface area contributed by atoms with Crippen LogP contribution in [-0.4, -0.2) is 30.4 Å². The van der Waals surface area contributed by atoms with E-state index in [1.54, 1.807) is 6.20 Å². The second kappa shape index (κ2) is 6.27. The monoisotopic (exact) mass is 310 g/mol. The molecule has 0 aliphatic carbocycles. The highest BCUT2D eigenvalue weighted by atomic mass is 32.2. The highest BCUT2D eigenvalue weighted by Gasteiger charge is 2.18. The van der Waals surface area contributed by atoms with Crippen LogP contribution in [-0.2, 0) is 6.42 Å². The van der Waals surface area contributed by atoms with Crippen molar-refractivity contribution in [3.05, 3.63) is 23.5 Å². The fourth-order valence-corrected chi connectivity index (χ4v) is 3.11. The minimum atomic E-state index is -1.06. The second-order valence-electron chi connectivity index (χ2n) is 4.33. The summed E-state index contributed by atoms with van der Waals surface area (Å²) < 4.78 is 4.87. The largest absolute Gasteiger partial charge is 0.476 e. The minimum absolute atomic E-state index is 0.0157. The van der Waals surface area contributed by atoms with Gasteiger partial charge in [-0.15, -0.1) is 0 Å². The number of nitrogens with zero attached hydrogens (tertiary/aromatic N) is 4. The highest BCUT2D eigenvalue weighted by molar-refractivity contribution is 8.01. The molecule has 2 aromatic rings. The van der Waals surface area contributed by atoms with E-state index in [2.05, 4.69) is 19.3 Å². The van der Waals surface area contributed by atoms with Crippen LogP contribution in [0, 0.1) is 0 Å². The quantitative estimate of drug-likeness (QED) is 0.908. The van der Waals surface area contributed by atoms with E-state index in [9.17, 15) is 9.90 Å². The van der Waals surface area contributed by atoms with Gasteiger partial charge in [-0.2, -0.15) is 4.37 Å². The fraction of sp³-hybridized carbons (Fsp3) is 0.417. The van der Waals surface area contributed by atoms with Crippen molar-refractivity contribution in [3.8, 4) is 0 Å². The lowest BCUT2D eigenvalue weighted by Gasteiger charge is -2.07. The number of aromatic carboxylic acids is 1. The summed E-state index contributed by atoms with van der Waals surface area (Å²) in [6.45, 7) is 5.82. The third-order valence-electron chi connectivity index (χ3n) is 2.46. The summed E-state index contributed by atoms with van der Waals surface area (Å²) in [5.74, 6) is 0.310. The molecule has 8 heteroatoms. The Balaban J connectivity index is 2.33. The molecular formula is C12H14N4O2S2. The number of carboxylic acid groups (broad SMARTS) is 1. The van der Waals surface area contributed by atoms with Crippen molar-refractivity contribution in [3.63, 3.8) is 0 Å². The van der Waals surface area contributed by atoms with Gasteiger partial charge in [-0.25, -0.2) is 19.7 Å². The molecule has 0 aliphatic rings. The van der Waals surface area contributed by atoms with Gasteiger partial charge in [0.25, 0.3) is 0 Å². The highest BCUT2D eigenvalue weighted by Crippen LogP contribution is 2.31. The molecule has 0 saturated heterocycles. The van der Waals surface area contributed by atoms with Crippen LogP contribution in [0.15, 0.2) is 15.4 Å². The normalized spacial score (nSPS) is 11.0. The van der Waals surface area contributed by atoms with E-state index in [4.69, 9.17) is 0 Å². The lowest BCUT2D eigenvalue weighted by molar-refractivity contribution is 0.0685. The fourth-order valence-electron chi connectivity index (χ4n) is 1.41. The maximum Gasteiger partial charge on any atom is 0.355 e. The zero-order chi connectivity index (χ0) is 14.7. The van der Waals surface area contributed by atoms with Gasteiger partial charge in [-0.1, -0.05) is 32.5 Å². The number of hydrogen-bond donors (Lipinski definition) is 1. The van der Waals surface area contributed by atoms with Crippen molar-refractivity contribution >= 4 is 29.3 Å². The Kier molecular flexibility index (Phi) is 4.66. The molecule has 1 N–H and O–H groups in total. The van der Waals surface area contributed by atoms with E-state index >= 15 is 0 Å². The van der Waals surface area contributed by atoms with Gasteiger partial charge in [0.05, 0.1) is 4.90 Å². The molecule has 20 heavy (non-hydrogen) atoms. The van der Waals surface area contributed by atoms with Crippen LogP contribution in [0.5, 0.6) is 0 Å². The first-order valence-electron chi connectivity index (χ1n) is 6.12. The van der Waals surface area contributed by atoms with E-state index in [1.165, 1.54) is 23.3 Å². The van der Waals surface area contributed by atoms with E-state index < -0.39 is 5.97 Å². The first-order valence-corrected chi connectivity index (χ1v) is 7.71. The number of aromatic nitrogens is 4. The molecule has 2 rings (SSSR count). The van der Waals surface area contributed by atoms with Gasteiger partial charge in [-0.05, 0) is 11.5 Å². The van der Waals surface area contributed by atoms with Crippen LogP contribution in [0.25, 0.3) is 0 Å². The molecule has 106 valence electrons. The molecule has 2 aromatic heterocycles. The Bertz CT molecular complexity index is 628. The summed E-state index contributed by atoms with van der Waals surface area (Å²) in [7, 11) is 0. The number of aryl methyl sites for hydroxylation is 1. The van der Waals surface area contributed by atoms with Gasteiger partial charge >= 0.3 is 5.97 Å². The number of rotatable bonds is 5. The van der Waals surface area contributed by atoms with Crippen molar-refractivity contribution in [1.29, 1.82) is 0 Å². The lowest BCUT2D eigenvalue weighted by Crippen LogP contribution is -2.08. The lowest BCUT2D eigenvalue weighted by atomic mass is 10.2. The van der Waals surface area contributed by atoms with Gasteiger partial charge in [0.15, 0.2) is 10.0 Å². The molecule has 0 atom stereocenters. The molecule has 0 fully saturated rings. The van der Waals surface area contributed by atoms with Crippen LogP contribution in [0.4, 0.5) is 0 Å². The van der Waals surface area contributed by atoms with Crippen LogP contribution in [0.3, 0.4) is 0 Å². The van der Waals surface area contributed by atoms with Crippen molar-refractivity contribution in [2.45, 2.75) is 42.3 Å². The molecular weight excluding hydrogens is 296 g/mol. The Morgan fingerprint density at radius 2 is 2.20 bits per heavy atom. The van der Waals surface area contributed by atoms with Crippen LogP contribution in [0.2, 0.25) is 0 Å². The molecule has 0 spiro atoms. The van der Waals surface area contributed by atoms with Gasteiger partial charge < -0.3 is 5.11 Å². The second-order valence-corrected chi connectivity index (χ2v) is 6.37. The predicted molar refractivity (Wildman–Crippen MR) is 76.5 cm³/mol. The molecule has 0 radical (unpaired) electrons. The third kappa shape index (κ3) is 3.31. The van der Waals surface area contributed by atoms with Gasteiger partial charge in [0, 0.05) is 18.5 Å². The van der Waals surface area contributed by atoms with Crippen molar-refractivity contribution < 1.29 is 9.90 Å². The third-order valence-corrected chi connectivity index (χ3v) is 4.26. The van der Waals surface area contributed by atoms with Crippen molar-refractivity contribution in [2.75, 3.05) is 0 Å². The average Bonchev–Trinajstić information content (AvgIpc) is 2.86. The van der Waals surface area contributed by atoms with Crippen LogP contribution >= 0.6 is 23.3 Å². The predicted octanol–water partition coefficient (Wildman–Crippen LogP) is 2.86. The Hall–Kier alpha value is -1.54. The maximum absolute atomic E-state index is 11.3. The summed E-state index contributed by atoms with van der Waals surface area (Å²) in [6.07, 6.45) is 2.30. The van der Waals surface area contributed by atoms with E-state index in [0.717, 1.165) is 12.2 Å². The summed E-state index contributed by atoms with van der Waals surface area (Å²) in [4.78, 5) is 24.4. The Morgan fingerprint density at radius 3 is 2.75 bits per heavy atom. The van der Waals surface area contributed by atoms with Gasteiger partial charge in [0.1, 0.15) is 11.6 Å². The summed E-state index contributed by atoms with van der Waals surface area (Å²) in [5, 5.41) is 9.27. The van der Waals surface area contributed by atoms with Crippen LogP contribution in [0.1, 0.15) is 48.8 Å². The maximum atomic E-state index is 11.3. The molecule has 0 amide bonds. The topological polar surface area (TPSA) is 88.9 Å². The Morgan fingerprint density at radius 1 is 1.45 bits per heavy atom. The van der Waals surface area contributed by atoms with E-state index in [0.29, 0.717) is 15.1 Å². The molecule has 0 bridgehead atoms. The SMILES string of the molecule is CCc1nsc(Sc2cnc(C(C)C)nc2C(=O)O)n1. The average molecular weight is 310 g/mol. The van der Waals surface area contributed by atoms with Crippen molar-refractivity contribution in [1.82, 2.24) is 19.3 Å². The van der Waals surface area contributed by atoms with Gasteiger partial charge in [-0.3, -0.25) is 0 Å². The molecule has 0 saturated carbocycles. The molecule has 6 nitrogen and oxygen atoms in total. The summed E-state index contributed by atoms with van der Waals surface area (Å²) >= 11 is 2.49. The number of hydrogen-bond acceptors (Lipinski definition) is 7. The van der Waals surface area contributed by atoms with Crippen molar-refractivity contribution in [2.24, 2.45) is 0 Å². The number of carboxylic acids is 1. The smallest absolute Gasteiger partial charge is 0.355 e. The van der Waals surface area contributed by atoms with Gasteiger partial charge in [0.2, 0.25) is 0 Å². The zero-order valence-electron chi connectivity index (χ0n) is 11.3. The molecule has 0 unspecified atom stereocenters. The summed E-state index contributed by atoms with van der Waals surface area (Å²) in [6, 6.07) is 0. The molecule has 2 heterocycles. The zero-order valence-corrected chi connectivity index (χ0v) is 13.0. The first-order chi connectivity index (χ1) is 9.51. The minimum Gasteiger partial charge on any atom is -0.476 e. The Labute approximate surface area is 124 Å². The first kappa shape index (κ1) is 14.9. The number of carbonyl (C=O) groups is 1. The standard InChI is InChI=1S/C12H14N4O2S2/c1-4-8-14-12(20-16-8)19-7-5-13-10(6(2)3)15-9(7)11(17)18/h5-6H,4H2,1-3H3,(H,17,18). The van der Waals surface area contributed by atoms with Crippen LogP contribution < -0.4 is 0 Å². The van der Waals surface area contributed by atoms with E-state index in [1.807, 2.05) is 20.8 Å². The van der Waals surface area contributed by atoms with E-state index in [-0.39, 0.29) is 11.6 Å². The molecule has 0 aliphatic heterocycles. The molecule has 0 aromatic carbocycles. The summed E-state index contributed by atoms with van der Waals surface area (Å²) in [5.41, 5.74) is 0.0157.